The standard InChI is InChI=1S/C20H20ClFN2O4S/c1-27-16-9-14(17(28-2)8-13(16)21)23-19(25)15-10-29-18(20(26)24-15)7-11-3-5-12(22)6-4-11/h3-6,8-9,15,18H,7,10H2,1-2H3,(H,23,25)(H,24,26). The van der Waals surface area contributed by atoms with Crippen molar-refractivity contribution in [1.82, 2.24) is 5.32 Å². The van der Waals surface area contributed by atoms with Crippen molar-refractivity contribution in [3.05, 3.63) is 52.8 Å². The Bertz CT molecular complexity index is 910. The van der Waals surface area contributed by atoms with E-state index >= 15 is 0 Å². The number of carbonyl (C=O) groups excluding carboxylic acids is 2. The fourth-order valence-electron chi connectivity index (χ4n) is 2.90. The first kappa shape index (κ1) is 21.3. The van der Waals surface area contributed by atoms with Crippen LogP contribution in [0.3, 0.4) is 0 Å². The minimum absolute atomic E-state index is 0.230. The van der Waals surface area contributed by atoms with Crippen LogP contribution in [-0.4, -0.2) is 43.1 Å². The topological polar surface area (TPSA) is 76.7 Å². The molecule has 2 amide bonds. The van der Waals surface area contributed by atoms with Crippen LogP contribution in [0.15, 0.2) is 36.4 Å². The Labute approximate surface area is 177 Å². The fraction of sp³-hybridized carbons (Fsp3) is 0.300. The number of nitrogens with one attached hydrogen (secondary N) is 2. The number of anilines is 1. The van der Waals surface area contributed by atoms with Crippen LogP contribution in [0.1, 0.15) is 5.56 Å². The van der Waals surface area contributed by atoms with Crippen LogP contribution in [0, 0.1) is 5.82 Å². The van der Waals surface area contributed by atoms with Crippen LogP contribution in [0.5, 0.6) is 11.5 Å². The van der Waals surface area contributed by atoms with Crippen molar-refractivity contribution < 1.29 is 23.5 Å². The summed E-state index contributed by atoms with van der Waals surface area (Å²) >= 11 is 7.47. The molecule has 29 heavy (non-hydrogen) atoms. The van der Waals surface area contributed by atoms with Gasteiger partial charge in [-0.25, -0.2) is 4.39 Å². The number of methoxy groups -OCH3 is 2. The SMILES string of the molecule is COc1cc(NC(=O)C2CSC(Cc3ccc(F)cc3)C(=O)N2)c(OC)cc1Cl. The molecule has 6 nitrogen and oxygen atoms in total. The number of amides is 2. The molecule has 2 aromatic carbocycles. The number of halogens is 2. The summed E-state index contributed by atoms with van der Waals surface area (Å²) in [5, 5.41) is 5.52. The number of hydrogen-bond donors (Lipinski definition) is 2. The fourth-order valence-corrected chi connectivity index (χ4v) is 4.32. The molecule has 3 rings (SSSR count). The molecule has 2 N–H and O–H groups in total. The minimum atomic E-state index is -0.691. The second-order valence-electron chi connectivity index (χ2n) is 6.39. The minimum Gasteiger partial charge on any atom is -0.495 e. The zero-order valence-corrected chi connectivity index (χ0v) is 17.4. The van der Waals surface area contributed by atoms with E-state index in [1.165, 1.54) is 38.1 Å². The second-order valence-corrected chi connectivity index (χ2v) is 8.03. The molecule has 2 unspecified atom stereocenters. The predicted molar refractivity (Wildman–Crippen MR) is 111 cm³/mol. The Morgan fingerprint density at radius 1 is 1.24 bits per heavy atom. The molecule has 9 heteroatoms. The first-order chi connectivity index (χ1) is 13.9. The van der Waals surface area contributed by atoms with Gasteiger partial charge in [-0.05, 0) is 24.1 Å². The molecule has 2 aromatic rings. The van der Waals surface area contributed by atoms with E-state index in [1.54, 1.807) is 24.3 Å². The quantitative estimate of drug-likeness (QED) is 0.723. The first-order valence-electron chi connectivity index (χ1n) is 8.80. The number of thioether (sulfide) groups is 1. The lowest BCUT2D eigenvalue weighted by Gasteiger charge is -2.28. The lowest BCUT2D eigenvalue weighted by Crippen LogP contribution is -2.52. The van der Waals surface area contributed by atoms with Crippen molar-refractivity contribution in [2.75, 3.05) is 25.3 Å². The summed E-state index contributed by atoms with van der Waals surface area (Å²) in [5.41, 5.74) is 1.26. The monoisotopic (exact) mass is 438 g/mol. The Morgan fingerprint density at radius 3 is 2.55 bits per heavy atom. The summed E-state index contributed by atoms with van der Waals surface area (Å²) in [7, 11) is 2.94. The van der Waals surface area contributed by atoms with Crippen molar-refractivity contribution in [1.29, 1.82) is 0 Å². The van der Waals surface area contributed by atoms with Crippen LogP contribution in [0.2, 0.25) is 5.02 Å². The maximum absolute atomic E-state index is 13.0. The van der Waals surface area contributed by atoms with E-state index in [2.05, 4.69) is 10.6 Å². The third-order valence-corrected chi connectivity index (χ3v) is 6.06. The number of rotatable bonds is 6. The van der Waals surface area contributed by atoms with Crippen molar-refractivity contribution in [2.45, 2.75) is 17.7 Å². The van der Waals surface area contributed by atoms with Gasteiger partial charge in [-0.15, -0.1) is 11.8 Å². The molecule has 1 aliphatic rings. The normalized spacial score (nSPS) is 18.7. The van der Waals surface area contributed by atoms with Gasteiger partial charge in [0.1, 0.15) is 23.4 Å². The van der Waals surface area contributed by atoms with Gasteiger partial charge < -0.3 is 20.1 Å². The van der Waals surface area contributed by atoms with Gasteiger partial charge in [-0.2, -0.15) is 0 Å². The van der Waals surface area contributed by atoms with Crippen LogP contribution in [0.25, 0.3) is 0 Å². The summed E-state index contributed by atoms with van der Waals surface area (Å²) in [5.74, 6) is 0.272. The summed E-state index contributed by atoms with van der Waals surface area (Å²) in [6, 6.07) is 8.46. The van der Waals surface area contributed by atoms with Gasteiger partial charge in [-0.1, -0.05) is 23.7 Å². The zero-order valence-electron chi connectivity index (χ0n) is 15.8. The summed E-state index contributed by atoms with van der Waals surface area (Å²) in [6.45, 7) is 0. The molecule has 1 aliphatic heterocycles. The molecular weight excluding hydrogens is 419 g/mol. The van der Waals surface area contributed by atoms with Gasteiger partial charge in [0.25, 0.3) is 0 Å². The molecule has 1 heterocycles. The predicted octanol–water partition coefficient (Wildman–Crippen LogP) is 3.28. The lowest BCUT2D eigenvalue weighted by molar-refractivity contribution is -0.126. The van der Waals surface area contributed by atoms with Crippen LogP contribution < -0.4 is 20.1 Å². The van der Waals surface area contributed by atoms with Crippen LogP contribution in [0.4, 0.5) is 10.1 Å². The molecule has 0 aromatic heterocycles. The van der Waals surface area contributed by atoms with E-state index in [4.69, 9.17) is 21.1 Å². The van der Waals surface area contributed by atoms with E-state index in [0.29, 0.717) is 34.4 Å². The molecular formula is C20H20ClFN2O4S. The van der Waals surface area contributed by atoms with Gasteiger partial charge >= 0.3 is 0 Å². The summed E-state index contributed by atoms with van der Waals surface area (Å²) in [4.78, 5) is 25.1. The number of hydrogen-bond acceptors (Lipinski definition) is 5. The average Bonchev–Trinajstić information content (AvgIpc) is 2.71. The van der Waals surface area contributed by atoms with Crippen LogP contribution in [-0.2, 0) is 16.0 Å². The largest absolute Gasteiger partial charge is 0.495 e. The molecule has 0 saturated carbocycles. The van der Waals surface area contributed by atoms with Gasteiger partial charge in [-0.3, -0.25) is 9.59 Å². The van der Waals surface area contributed by atoms with E-state index < -0.39 is 6.04 Å². The smallest absolute Gasteiger partial charge is 0.247 e. The molecule has 1 fully saturated rings. The zero-order chi connectivity index (χ0) is 21.0. The van der Waals surface area contributed by atoms with E-state index in [9.17, 15) is 14.0 Å². The van der Waals surface area contributed by atoms with E-state index in [-0.39, 0.29) is 22.9 Å². The van der Waals surface area contributed by atoms with Crippen molar-refractivity contribution in [2.24, 2.45) is 0 Å². The molecule has 0 radical (unpaired) electrons. The van der Waals surface area contributed by atoms with Crippen molar-refractivity contribution >= 4 is 40.9 Å². The number of carbonyl (C=O) groups is 2. The Hall–Kier alpha value is -2.45. The highest BCUT2D eigenvalue weighted by atomic mass is 35.5. The highest BCUT2D eigenvalue weighted by molar-refractivity contribution is 8.00. The van der Waals surface area contributed by atoms with Crippen molar-refractivity contribution in [3.8, 4) is 11.5 Å². The molecule has 0 bridgehead atoms. The van der Waals surface area contributed by atoms with Gasteiger partial charge in [0.2, 0.25) is 11.8 Å². The maximum atomic E-state index is 13.0. The Balaban J connectivity index is 1.63. The Morgan fingerprint density at radius 2 is 1.93 bits per heavy atom. The van der Waals surface area contributed by atoms with Gasteiger partial charge in [0.05, 0.1) is 30.2 Å². The van der Waals surface area contributed by atoms with Crippen LogP contribution >= 0.6 is 23.4 Å². The highest BCUT2D eigenvalue weighted by Gasteiger charge is 2.32. The lowest BCUT2D eigenvalue weighted by atomic mass is 10.1. The third kappa shape index (κ3) is 5.13. The molecule has 2 atom stereocenters. The Kier molecular flexibility index (Phi) is 6.87. The maximum Gasteiger partial charge on any atom is 0.247 e. The molecule has 0 aliphatic carbocycles. The molecule has 0 spiro atoms. The molecule has 154 valence electrons. The van der Waals surface area contributed by atoms with Gasteiger partial charge in [0.15, 0.2) is 0 Å². The second kappa shape index (κ2) is 9.37. The van der Waals surface area contributed by atoms with Crippen molar-refractivity contribution in [3.63, 3.8) is 0 Å². The van der Waals surface area contributed by atoms with E-state index in [1.807, 2.05) is 0 Å². The summed E-state index contributed by atoms with van der Waals surface area (Å²) in [6.07, 6.45) is 0.466. The van der Waals surface area contributed by atoms with Gasteiger partial charge in [0, 0.05) is 17.9 Å². The number of benzene rings is 2. The number of ether oxygens (including phenoxy) is 2. The van der Waals surface area contributed by atoms with E-state index in [0.717, 1.165) is 5.56 Å². The molecule has 1 saturated heterocycles. The third-order valence-electron chi connectivity index (χ3n) is 4.46. The average molecular weight is 439 g/mol. The first-order valence-corrected chi connectivity index (χ1v) is 10.2. The summed E-state index contributed by atoms with van der Waals surface area (Å²) < 4.78 is 23.5. The highest BCUT2D eigenvalue weighted by Crippen LogP contribution is 2.36.